The molecular weight excluding hydrogens is 342 g/mol. The van der Waals surface area contributed by atoms with E-state index < -0.39 is 0 Å². The maximum atomic E-state index is 12.7. The van der Waals surface area contributed by atoms with Crippen LogP contribution in [0.1, 0.15) is 16.2 Å². The SMILES string of the molecule is O=C(c1cnc(NCc2ccco2)cn1)N1CCN(c2ccccc2)CC1. The number of para-hydroxylation sites is 1. The Kier molecular flexibility index (Phi) is 5.00. The Morgan fingerprint density at radius 3 is 2.48 bits per heavy atom. The number of benzene rings is 1. The van der Waals surface area contributed by atoms with Crippen LogP contribution in [-0.2, 0) is 6.54 Å². The van der Waals surface area contributed by atoms with Crippen LogP contribution in [0, 0.1) is 0 Å². The summed E-state index contributed by atoms with van der Waals surface area (Å²) >= 11 is 0. The molecule has 0 saturated carbocycles. The Morgan fingerprint density at radius 1 is 1.00 bits per heavy atom. The zero-order chi connectivity index (χ0) is 18.5. The lowest BCUT2D eigenvalue weighted by molar-refractivity contribution is 0.0740. The number of nitrogens with one attached hydrogen (secondary N) is 1. The van der Waals surface area contributed by atoms with Crippen LogP contribution in [0.3, 0.4) is 0 Å². The third kappa shape index (κ3) is 4.08. The predicted octanol–water partition coefficient (Wildman–Crippen LogP) is 2.64. The molecule has 0 radical (unpaired) electrons. The lowest BCUT2D eigenvalue weighted by atomic mass is 10.2. The van der Waals surface area contributed by atoms with E-state index in [2.05, 4.69) is 32.3 Å². The van der Waals surface area contributed by atoms with Crippen LogP contribution in [0.15, 0.2) is 65.5 Å². The van der Waals surface area contributed by atoms with Gasteiger partial charge in [0.1, 0.15) is 17.3 Å². The van der Waals surface area contributed by atoms with Crippen molar-refractivity contribution in [1.82, 2.24) is 14.9 Å². The molecule has 7 nitrogen and oxygen atoms in total. The van der Waals surface area contributed by atoms with Gasteiger partial charge in [-0.15, -0.1) is 0 Å². The number of hydrogen-bond acceptors (Lipinski definition) is 6. The van der Waals surface area contributed by atoms with Crippen LogP contribution in [-0.4, -0.2) is 47.0 Å². The second kappa shape index (κ2) is 7.90. The summed E-state index contributed by atoms with van der Waals surface area (Å²) in [5.41, 5.74) is 1.56. The van der Waals surface area contributed by atoms with Gasteiger partial charge in [0, 0.05) is 31.9 Å². The summed E-state index contributed by atoms with van der Waals surface area (Å²) in [6, 6.07) is 14.0. The highest BCUT2D eigenvalue weighted by atomic mass is 16.3. The Morgan fingerprint density at radius 2 is 1.81 bits per heavy atom. The minimum Gasteiger partial charge on any atom is -0.467 e. The van der Waals surface area contributed by atoms with E-state index in [1.54, 1.807) is 12.5 Å². The lowest BCUT2D eigenvalue weighted by Gasteiger charge is -2.35. The van der Waals surface area contributed by atoms with E-state index in [0.29, 0.717) is 31.1 Å². The molecule has 138 valence electrons. The highest BCUT2D eigenvalue weighted by Gasteiger charge is 2.23. The summed E-state index contributed by atoms with van der Waals surface area (Å²) in [5.74, 6) is 1.35. The first-order valence-electron chi connectivity index (χ1n) is 8.97. The second-order valence-corrected chi connectivity index (χ2v) is 6.33. The highest BCUT2D eigenvalue weighted by Crippen LogP contribution is 2.16. The molecule has 7 heteroatoms. The highest BCUT2D eigenvalue weighted by molar-refractivity contribution is 5.92. The molecule has 1 amide bonds. The number of rotatable bonds is 5. The molecule has 1 N–H and O–H groups in total. The quantitative estimate of drug-likeness (QED) is 0.751. The Balaban J connectivity index is 1.32. The van der Waals surface area contributed by atoms with Crippen molar-refractivity contribution in [2.24, 2.45) is 0 Å². The van der Waals surface area contributed by atoms with E-state index in [-0.39, 0.29) is 5.91 Å². The third-order valence-electron chi connectivity index (χ3n) is 4.58. The summed E-state index contributed by atoms with van der Waals surface area (Å²) in [6.07, 6.45) is 4.73. The van der Waals surface area contributed by atoms with Gasteiger partial charge in [0.2, 0.25) is 0 Å². The van der Waals surface area contributed by atoms with Gasteiger partial charge in [0.15, 0.2) is 0 Å². The second-order valence-electron chi connectivity index (χ2n) is 6.33. The number of aromatic nitrogens is 2. The van der Waals surface area contributed by atoms with Crippen molar-refractivity contribution in [3.63, 3.8) is 0 Å². The van der Waals surface area contributed by atoms with E-state index >= 15 is 0 Å². The molecule has 1 aliphatic heterocycles. The number of anilines is 2. The Bertz CT molecular complexity index is 857. The van der Waals surface area contributed by atoms with Crippen LogP contribution >= 0.6 is 0 Å². The molecule has 27 heavy (non-hydrogen) atoms. The molecular formula is C20H21N5O2. The number of furan rings is 1. The zero-order valence-corrected chi connectivity index (χ0v) is 14.9. The van der Waals surface area contributed by atoms with Crippen molar-refractivity contribution in [1.29, 1.82) is 0 Å². The first kappa shape index (κ1) is 17.1. The van der Waals surface area contributed by atoms with Crippen molar-refractivity contribution in [3.05, 3.63) is 72.6 Å². The predicted molar refractivity (Wildman–Crippen MR) is 103 cm³/mol. The number of carbonyl (C=O) groups is 1. The molecule has 2 aromatic heterocycles. The fourth-order valence-corrected chi connectivity index (χ4v) is 3.09. The minimum atomic E-state index is -0.0761. The fourth-order valence-electron chi connectivity index (χ4n) is 3.09. The van der Waals surface area contributed by atoms with Gasteiger partial charge in [0.25, 0.3) is 5.91 Å². The number of amides is 1. The van der Waals surface area contributed by atoms with E-state index in [4.69, 9.17) is 4.42 Å². The van der Waals surface area contributed by atoms with Crippen LogP contribution in [0.25, 0.3) is 0 Å². The molecule has 0 unspecified atom stereocenters. The van der Waals surface area contributed by atoms with Crippen LogP contribution < -0.4 is 10.2 Å². The van der Waals surface area contributed by atoms with Gasteiger partial charge in [-0.25, -0.2) is 9.97 Å². The van der Waals surface area contributed by atoms with Gasteiger partial charge in [-0.3, -0.25) is 4.79 Å². The average molecular weight is 363 g/mol. The molecule has 0 aliphatic carbocycles. The maximum absolute atomic E-state index is 12.7. The third-order valence-corrected chi connectivity index (χ3v) is 4.58. The zero-order valence-electron chi connectivity index (χ0n) is 14.9. The van der Waals surface area contributed by atoms with Crippen LogP contribution in [0.5, 0.6) is 0 Å². The number of nitrogens with zero attached hydrogens (tertiary/aromatic N) is 4. The summed E-state index contributed by atoms with van der Waals surface area (Å²) in [5, 5.41) is 3.12. The van der Waals surface area contributed by atoms with E-state index in [1.165, 1.54) is 11.9 Å². The normalized spacial score (nSPS) is 14.2. The first-order valence-corrected chi connectivity index (χ1v) is 8.97. The van der Waals surface area contributed by atoms with Crippen LogP contribution in [0.2, 0.25) is 0 Å². The molecule has 0 atom stereocenters. The van der Waals surface area contributed by atoms with Crippen LogP contribution in [0.4, 0.5) is 11.5 Å². The lowest BCUT2D eigenvalue weighted by Crippen LogP contribution is -2.49. The largest absolute Gasteiger partial charge is 0.467 e. The van der Waals surface area contributed by atoms with Crippen molar-refractivity contribution in [2.45, 2.75) is 6.54 Å². The van der Waals surface area contributed by atoms with Crippen molar-refractivity contribution in [2.75, 3.05) is 36.4 Å². The molecule has 1 aliphatic rings. The minimum absolute atomic E-state index is 0.0761. The molecule has 0 bridgehead atoms. The standard InChI is InChI=1S/C20H21N5O2/c26-20(25-10-8-24(9-11-25)16-5-2-1-3-6-16)18-14-23-19(15-21-18)22-13-17-7-4-12-27-17/h1-7,12,14-15H,8-11,13H2,(H,22,23). The van der Waals surface area contributed by atoms with E-state index in [0.717, 1.165) is 18.8 Å². The molecule has 3 aromatic rings. The van der Waals surface area contributed by atoms with Gasteiger partial charge in [-0.1, -0.05) is 18.2 Å². The maximum Gasteiger partial charge on any atom is 0.274 e. The van der Waals surface area contributed by atoms with Crippen molar-refractivity contribution in [3.8, 4) is 0 Å². The summed E-state index contributed by atoms with van der Waals surface area (Å²) in [7, 11) is 0. The molecule has 4 rings (SSSR count). The van der Waals surface area contributed by atoms with Gasteiger partial charge >= 0.3 is 0 Å². The monoisotopic (exact) mass is 363 g/mol. The van der Waals surface area contributed by atoms with E-state index in [9.17, 15) is 4.79 Å². The fraction of sp³-hybridized carbons (Fsp3) is 0.250. The van der Waals surface area contributed by atoms with E-state index in [1.807, 2.05) is 35.2 Å². The average Bonchev–Trinajstić information content (AvgIpc) is 3.27. The Hall–Kier alpha value is -3.35. The molecule has 1 fully saturated rings. The molecule has 0 spiro atoms. The van der Waals surface area contributed by atoms with Gasteiger partial charge in [-0.2, -0.15) is 0 Å². The topological polar surface area (TPSA) is 74.5 Å². The molecule has 1 saturated heterocycles. The van der Waals surface area contributed by atoms with Gasteiger partial charge in [-0.05, 0) is 24.3 Å². The smallest absolute Gasteiger partial charge is 0.274 e. The summed E-state index contributed by atoms with van der Waals surface area (Å²) in [4.78, 5) is 25.3. The molecule has 1 aromatic carbocycles. The van der Waals surface area contributed by atoms with Crippen molar-refractivity contribution < 1.29 is 9.21 Å². The summed E-state index contributed by atoms with van der Waals surface area (Å²) in [6.45, 7) is 3.50. The molecule has 3 heterocycles. The van der Waals surface area contributed by atoms with Gasteiger partial charge in [0.05, 0.1) is 25.2 Å². The van der Waals surface area contributed by atoms with Crippen molar-refractivity contribution >= 4 is 17.4 Å². The summed E-state index contributed by atoms with van der Waals surface area (Å²) < 4.78 is 5.26. The number of hydrogen-bond donors (Lipinski definition) is 1. The number of piperazine rings is 1. The van der Waals surface area contributed by atoms with Gasteiger partial charge < -0.3 is 19.5 Å². The first-order chi connectivity index (χ1) is 13.3. The Labute approximate surface area is 157 Å². The number of carbonyl (C=O) groups excluding carboxylic acids is 1.